The molecule has 3 fully saturated rings. The van der Waals surface area contributed by atoms with E-state index in [9.17, 15) is 9.59 Å². The van der Waals surface area contributed by atoms with Crippen LogP contribution in [0.1, 0.15) is 51.9 Å². The predicted octanol–water partition coefficient (Wildman–Crippen LogP) is 2.32. The average Bonchev–Trinajstić information content (AvgIpc) is 2.88. The predicted molar refractivity (Wildman–Crippen MR) is 73.7 cm³/mol. The Balaban J connectivity index is 1.65. The highest BCUT2D eigenvalue weighted by Crippen LogP contribution is 2.47. The van der Waals surface area contributed by atoms with Gasteiger partial charge in [-0.3, -0.25) is 4.79 Å². The smallest absolute Gasteiger partial charge is 0.330 e. The fourth-order valence-corrected chi connectivity index (χ4v) is 4.84. The number of carbonyl (C=O) groups is 2. The van der Waals surface area contributed by atoms with E-state index in [1.807, 2.05) is 0 Å². The molecule has 5 heteroatoms. The van der Waals surface area contributed by atoms with Crippen molar-refractivity contribution in [1.29, 1.82) is 0 Å². The van der Waals surface area contributed by atoms with E-state index >= 15 is 0 Å². The lowest BCUT2D eigenvalue weighted by Gasteiger charge is -2.31. The van der Waals surface area contributed by atoms with Gasteiger partial charge in [0.2, 0.25) is 5.91 Å². The van der Waals surface area contributed by atoms with Gasteiger partial charge in [0.05, 0.1) is 4.87 Å². The lowest BCUT2D eigenvalue weighted by molar-refractivity contribution is -0.159. The van der Waals surface area contributed by atoms with Crippen LogP contribution in [0.5, 0.6) is 0 Å². The fourth-order valence-electron chi connectivity index (χ4n) is 3.42. The number of nitrogens with zero attached hydrogens (tertiary/aromatic N) is 1. The Morgan fingerprint density at radius 1 is 1.37 bits per heavy atom. The van der Waals surface area contributed by atoms with E-state index in [1.54, 1.807) is 16.7 Å². The standard InChI is InChI=1S/C14H21NO3S/c1-14-8-7-12(16)15(14)11(9-19-14)13(17)18-10-5-3-2-4-6-10/h10-11H,2-9H2,1H3. The first-order valence-electron chi connectivity index (χ1n) is 7.27. The van der Waals surface area contributed by atoms with Gasteiger partial charge in [-0.2, -0.15) is 0 Å². The second-order valence-electron chi connectivity index (χ2n) is 5.96. The first-order chi connectivity index (χ1) is 9.10. The van der Waals surface area contributed by atoms with Gasteiger partial charge in [-0.15, -0.1) is 11.8 Å². The van der Waals surface area contributed by atoms with Gasteiger partial charge in [-0.1, -0.05) is 6.42 Å². The zero-order valence-corrected chi connectivity index (χ0v) is 12.2. The van der Waals surface area contributed by atoms with Crippen molar-refractivity contribution in [3.05, 3.63) is 0 Å². The molecule has 0 N–H and O–H groups in total. The molecule has 2 aliphatic heterocycles. The molecule has 19 heavy (non-hydrogen) atoms. The Labute approximate surface area is 118 Å². The topological polar surface area (TPSA) is 46.6 Å². The molecule has 0 aromatic heterocycles. The minimum absolute atomic E-state index is 0.0795. The maximum absolute atomic E-state index is 12.3. The van der Waals surface area contributed by atoms with Crippen LogP contribution in [0.4, 0.5) is 0 Å². The van der Waals surface area contributed by atoms with E-state index < -0.39 is 0 Å². The lowest BCUT2D eigenvalue weighted by atomic mass is 9.98. The van der Waals surface area contributed by atoms with Gasteiger partial charge in [0.1, 0.15) is 12.1 Å². The second-order valence-corrected chi connectivity index (χ2v) is 7.46. The molecule has 4 nitrogen and oxygen atoms in total. The SMILES string of the molecule is CC12CCC(=O)N1C(C(=O)OC1CCCCC1)CS2. The summed E-state index contributed by atoms with van der Waals surface area (Å²) in [5.41, 5.74) is 0. The molecule has 0 aromatic carbocycles. The molecular formula is C14H21NO3S. The summed E-state index contributed by atoms with van der Waals surface area (Å²) in [7, 11) is 0. The molecule has 106 valence electrons. The highest BCUT2D eigenvalue weighted by atomic mass is 32.2. The van der Waals surface area contributed by atoms with Crippen molar-refractivity contribution in [3.63, 3.8) is 0 Å². The van der Waals surface area contributed by atoms with Gasteiger partial charge in [0.25, 0.3) is 0 Å². The summed E-state index contributed by atoms with van der Waals surface area (Å²) in [6, 6.07) is -0.355. The van der Waals surface area contributed by atoms with Crippen LogP contribution in [0.25, 0.3) is 0 Å². The van der Waals surface area contributed by atoms with Crippen molar-refractivity contribution in [2.24, 2.45) is 0 Å². The maximum Gasteiger partial charge on any atom is 0.330 e. The van der Waals surface area contributed by atoms with Gasteiger partial charge in [0.15, 0.2) is 0 Å². The minimum atomic E-state index is -0.355. The van der Waals surface area contributed by atoms with Crippen LogP contribution in [0.2, 0.25) is 0 Å². The Morgan fingerprint density at radius 2 is 2.11 bits per heavy atom. The number of rotatable bonds is 2. The zero-order valence-electron chi connectivity index (χ0n) is 11.4. The van der Waals surface area contributed by atoms with E-state index in [4.69, 9.17) is 4.74 Å². The summed E-state index contributed by atoms with van der Waals surface area (Å²) in [6.45, 7) is 2.07. The van der Waals surface area contributed by atoms with Gasteiger partial charge in [0, 0.05) is 12.2 Å². The maximum atomic E-state index is 12.3. The second kappa shape index (κ2) is 5.00. The van der Waals surface area contributed by atoms with Crippen molar-refractivity contribution in [1.82, 2.24) is 4.90 Å². The molecule has 0 aromatic rings. The third-order valence-electron chi connectivity index (χ3n) is 4.55. The van der Waals surface area contributed by atoms with Gasteiger partial charge in [-0.05, 0) is 39.0 Å². The Bertz CT molecular complexity index is 394. The first kappa shape index (κ1) is 13.3. The van der Waals surface area contributed by atoms with Crippen LogP contribution in [0, 0.1) is 0 Å². The number of esters is 1. The van der Waals surface area contributed by atoms with Crippen LogP contribution < -0.4 is 0 Å². The summed E-state index contributed by atoms with van der Waals surface area (Å²) >= 11 is 1.72. The van der Waals surface area contributed by atoms with E-state index in [0.717, 1.165) is 32.1 Å². The molecule has 1 saturated carbocycles. The Morgan fingerprint density at radius 3 is 2.84 bits per heavy atom. The van der Waals surface area contributed by atoms with Crippen LogP contribution >= 0.6 is 11.8 Å². The molecule has 0 radical (unpaired) electrons. The molecule has 1 aliphatic carbocycles. The number of hydrogen-bond acceptors (Lipinski definition) is 4. The van der Waals surface area contributed by atoms with E-state index in [-0.39, 0.29) is 28.9 Å². The molecule has 2 heterocycles. The lowest BCUT2D eigenvalue weighted by Crippen LogP contribution is -2.47. The third kappa shape index (κ3) is 2.37. The molecule has 3 aliphatic rings. The largest absolute Gasteiger partial charge is 0.461 e. The summed E-state index contributed by atoms with van der Waals surface area (Å²) in [5, 5.41) is 0. The Hall–Kier alpha value is -0.710. The number of thioether (sulfide) groups is 1. The molecular weight excluding hydrogens is 262 g/mol. The highest BCUT2D eigenvalue weighted by molar-refractivity contribution is 8.01. The molecule has 2 saturated heterocycles. The first-order valence-corrected chi connectivity index (χ1v) is 8.25. The van der Waals surface area contributed by atoms with Crippen molar-refractivity contribution in [3.8, 4) is 0 Å². The summed E-state index contributed by atoms with van der Waals surface area (Å²) in [5.74, 6) is 0.616. The highest BCUT2D eigenvalue weighted by Gasteiger charge is 2.53. The fraction of sp³-hybridized carbons (Fsp3) is 0.857. The minimum Gasteiger partial charge on any atom is -0.461 e. The van der Waals surface area contributed by atoms with Crippen molar-refractivity contribution < 1.29 is 14.3 Å². The average molecular weight is 283 g/mol. The van der Waals surface area contributed by atoms with E-state index in [0.29, 0.717) is 12.2 Å². The zero-order chi connectivity index (χ0) is 13.5. The number of hydrogen-bond donors (Lipinski definition) is 0. The molecule has 0 spiro atoms. The number of carbonyl (C=O) groups excluding carboxylic acids is 2. The molecule has 3 rings (SSSR count). The van der Waals surface area contributed by atoms with Crippen LogP contribution in [-0.2, 0) is 14.3 Å². The van der Waals surface area contributed by atoms with Gasteiger partial charge < -0.3 is 9.64 Å². The quantitative estimate of drug-likeness (QED) is 0.730. The van der Waals surface area contributed by atoms with Crippen LogP contribution in [0.3, 0.4) is 0 Å². The van der Waals surface area contributed by atoms with E-state index in [1.165, 1.54) is 6.42 Å². The van der Waals surface area contributed by atoms with Crippen LogP contribution in [-0.4, -0.2) is 39.5 Å². The van der Waals surface area contributed by atoms with Crippen molar-refractivity contribution in [2.75, 3.05) is 5.75 Å². The summed E-state index contributed by atoms with van der Waals surface area (Å²) < 4.78 is 5.63. The molecule has 2 atom stereocenters. The third-order valence-corrected chi connectivity index (χ3v) is 6.06. The molecule has 0 bridgehead atoms. The Kier molecular flexibility index (Phi) is 3.50. The van der Waals surface area contributed by atoms with Crippen molar-refractivity contribution >= 4 is 23.6 Å². The molecule has 1 amide bonds. The van der Waals surface area contributed by atoms with E-state index in [2.05, 4.69) is 6.92 Å². The van der Waals surface area contributed by atoms with Crippen molar-refractivity contribution in [2.45, 2.75) is 68.9 Å². The monoisotopic (exact) mass is 283 g/mol. The number of ether oxygens (including phenoxy) is 1. The molecule has 2 unspecified atom stereocenters. The number of fused-ring (bicyclic) bond motifs is 1. The van der Waals surface area contributed by atoms with Crippen LogP contribution in [0.15, 0.2) is 0 Å². The van der Waals surface area contributed by atoms with Gasteiger partial charge in [-0.25, -0.2) is 4.79 Å². The van der Waals surface area contributed by atoms with Gasteiger partial charge >= 0.3 is 5.97 Å². The number of amides is 1. The summed E-state index contributed by atoms with van der Waals surface area (Å²) in [4.78, 5) is 25.9. The summed E-state index contributed by atoms with van der Waals surface area (Å²) in [6.07, 6.45) is 7.01. The normalized spacial score (nSPS) is 35.5.